The average Bonchev–Trinajstić information content (AvgIpc) is 2.82. The van der Waals surface area contributed by atoms with Crippen LogP contribution in [0.1, 0.15) is 0 Å². The average molecular weight is 1280 g/mol. The first-order chi connectivity index (χ1) is 41.9. The SMILES string of the molecule is C=CC(=O)Cl.C=CC(=O)Nc1cc(OC2CN(C)C2)ccc1Nc1cc(-c2cccnc2Nc2c(Cl)c(OC)cc(OC)c2Cl)ncn1.COc1cc(OC)c(Cl)c(Nc2ncccc2-c2cc(Nc3ccc(OC4CN(C)C4)cc3N)ncn2)c1Cl. The number of pyridine rings is 2. The molecule has 7 N–H and O–H groups in total. The molecule has 22 nitrogen and oxygen atoms in total. The summed E-state index contributed by atoms with van der Waals surface area (Å²) in [5.74, 6) is 4.53. The highest BCUT2D eigenvalue weighted by atomic mass is 35.5. The van der Waals surface area contributed by atoms with Crippen LogP contribution in [0.4, 0.5) is 57.4 Å². The summed E-state index contributed by atoms with van der Waals surface area (Å²) in [6.07, 6.45) is 8.70. The van der Waals surface area contributed by atoms with Gasteiger partial charge in [-0.3, -0.25) is 19.4 Å². The first-order valence-corrected chi connectivity index (χ1v) is 28.1. The third-order valence-corrected chi connectivity index (χ3v) is 14.6. The third kappa shape index (κ3) is 16.4. The van der Waals surface area contributed by atoms with Gasteiger partial charge in [-0.2, -0.15) is 0 Å². The predicted molar refractivity (Wildman–Crippen MR) is 344 cm³/mol. The van der Waals surface area contributed by atoms with E-state index in [1.54, 1.807) is 48.8 Å². The number of benzene rings is 4. The van der Waals surface area contributed by atoms with Crippen LogP contribution in [0, 0.1) is 0 Å². The molecule has 1 amide bonds. The lowest BCUT2D eigenvalue weighted by Crippen LogP contribution is -2.51. The molecule has 0 bridgehead atoms. The Labute approximate surface area is 526 Å². The molecular formula is C60H59Cl5N14O8. The Hall–Kier alpha value is -8.87. The predicted octanol–water partition coefficient (Wildman–Crippen LogP) is 12.7. The molecule has 0 saturated carbocycles. The minimum atomic E-state index is -0.509. The molecule has 4 aromatic carbocycles. The third-order valence-electron chi connectivity index (χ3n) is 12.9. The Morgan fingerprint density at radius 1 is 0.552 bits per heavy atom. The first-order valence-electron chi connectivity index (χ1n) is 26.2. The van der Waals surface area contributed by atoms with Crippen LogP contribution < -0.4 is 60.7 Å². The zero-order valence-electron chi connectivity index (χ0n) is 47.8. The van der Waals surface area contributed by atoms with Crippen molar-refractivity contribution in [2.24, 2.45) is 0 Å². The number of amides is 1. The highest BCUT2D eigenvalue weighted by Gasteiger charge is 2.27. The number of halogens is 5. The summed E-state index contributed by atoms with van der Waals surface area (Å²) < 4.78 is 33.5. The van der Waals surface area contributed by atoms with Gasteiger partial charge in [0.2, 0.25) is 11.1 Å². The number of hydrogen-bond acceptors (Lipinski definition) is 21. The number of aromatic nitrogens is 6. The van der Waals surface area contributed by atoms with Gasteiger partial charge in [-0.15, -0.1) is 0 Å². The van der Waals surface area contributed by atoms with E-state index in [2.05, 4.69) is 86.5 Å². The van der Waals surface area contributed by atoms with E-state index in [0.717, 1.165) is 38.0 Å². The van der Waals surface area contributed by atoms with Crippen molar-refractivity contribution in [3.8, 4) is 57.0 Å². The van der Waals surface area contributed by atoms with Crippen molar-refractivity contribution >= 4 is 127 Å². The number of hydrogen-bond donors (Lipinski definition) is 6. The quantitative estimate of drug-likeness (QED) is 0.0222. The molecule has 87 heavy (non-hydrogen) atoms. The number of carbonyl (C=O) groups excluding carboxylic acids is 2. The Bertz CT molecular complexity index is 3750. The second-order valence-electron chi connectivity index (χ2n) is 19.0. The van der Waals surface area contributed by atoms with E-state index >= 15 is 0 Å². The summed E-state index contributed by atoms with van der Waals surface area (Å²) in [4.78, 5) is 52.7. The van der Waals surface area contributed by atoms with Crippen molar-refractivity contribution in [1.29, 1.82) is 0 Å². The molecule has 8 aromatic rings. The maximum absolute atomic E-state index is 12.2. The normalized spacial score (nSPS) is 12.9. The van der Waals surface area contributed by atoms with Crippen LogP contribution in [0.25, 0.3) is 22.5 Å². The largest absolute Gasteiger partial charge is 0.495 e. The van der Waals surface area contributed by atoms with Crippen molar-refractivity contribution in [3.63, 3.8) is 0 Å². The van der Waals surface area contributed by atoms with Gasteiger partial charge in [-0.1, -0.05) is 59.6 Å². The minimum Gasteiger partial charge on any atom is -0.495 e. The molecule has 2 fully saturated rings. The Morgan fingerprint density at radius 3 is 1.36 bits per heavy atom. The molecule has 2 saturated heterocycles. The number of nitrogen functional groups attached to an aromatic ring is 1. The van der Waals surface area contributed by atoms with E-state index in [9.17, 15) is 9.59 Å². The Balaban J connectivity index is 0.000000210. The van der Waals surface area contributed by atoms with Gasteiger partial charge < -0.3 is 60.7 Å². The Morgan fingerprint density at radius 2 is 0.966 bits per heavy atom. The monoisotopic (exact) mass is 1280 g/mol. The Kier molecular flexibility index (Phi) is 22.1. The minimum absolute atomic E-state index is 0.0984. The van der Waals surface area contributed by atoms with Crippen molar-refractivity contribution in [2.45, 2.75) is 12.2 Å². The van der Waals surface area contributed by atoms with E-state index in [0.29, 0.717) is 109 Å². The number of likely N-dealkylation sites (N-methyl/N-ethyl adjacent to an activating group) is 2. The van der Waals surface area contributed by atoms with Gasteiger partial charge in [0.15, 0.2) is 0 Å². The number of rotatable bonds is 21. The zero-order valence-corrected chi connectivity index (χ0v) is 51.5. The number of methoxy groups -OCH3 is 4. The van der Waals surface area contributed by atoms with Crippen LogP contribution in [0.5, 0.6) is 34.5 Å². The standard InChI is InChI=1S/C30H29Cl2N7O4.C27H27Cl2N7O3.C3H3ClO/c1-5-26(40)37-22-11-17(43-18-14-39(2)15-18)8-9-20(22)36-25-12-21(34-16-35-25)19-7-6-10-33-30(19)38-29-27(31)23(41-3)13-24(42-4)28(29)32;1-36-12-16(13-36)39-15-6-7-19(18(30)9-15)34-23-10-20(32-14-33-23)17-5-4-8-31-27(17)35-26-24(28)21(37-2)11-22(38-3)25(26)29;1-2-3(4)5/h5-13,16,18H,1,14-15H2,2-4H3,(H,33,38)(H,37,40)(H,34,35,36);4-11,14,16H,12-13,30H2,1-3H3,(H,31,35)(H,32,33,34);2H,1H2. The van der Waals surface area contributed by atoms with Gasteiger partial charge in [0.1, 0.15) is 103 Å². The second kappa shape index (κ2) is 30.0. The van der Waals surface area contributed by atoms with Gasteiger partial charge >= 0.3 is 0 Å². The number of carbonyl (C=O) groups is 2. The fourth-order valence-electron chi connectivity index (χ4n) is 8.61. The summed E-state index contributed by atoms with van der Waals surface area (Å²) in [5.41, 5.74) is 11.9. The number of allylic oxidation sites excluding steroid dienone is 1. The molecule has 27 heteroatoms. The van der Waals surface area contributed by atoms with Crippen molar-refractivity contribution in [2.75, 3.05) is 101 Å². The molecule has 0 spiro atoms. The summed E-state index contributed by atoms with van der Waals surface area (Å²) in [6, 6.07) is 25.1. The number of nitrogens with two attached hydrogens (primary N) is 1. The molecule has 452 valence electrons. The molecule has 6 heterocycles. The van der Waals surface area contributed by atoms with Crippen LogP contribution in [0.3, 0.4) is 0 Å². The highest BCUT2D eigenvalue weighted by Crippen LogP contribution is 2.48. The van der Waals surface area contributed by atoms with E-state index in [4.69, 9.17) is 92.2 Å². The van der Waals surface area contributed by atoms with Crippen molar-refractivity contribution in [3.05, 3.63) is 155 Å². The summed E-state index contributed by atoms with van der Waals surface area (Å²) in [7, 11) is 10.1. The first kappa shape index (κ1) is 64.1. The molecule has 2 aliphatic rings. The number of nitrogens with zero attached hydrogens (tertiary/aromatic N) is 8. The number of likely N-dealkylation sites (tertiary alicyclic amines) is 2. The molecule has 4 aromatic heterocycles. The zero-order chi connectivity index (χ0) is 62.3. The van der Waals surface area contributed by atoms with Gasteiger partial charge in [-0.05, 0) is 86.4 Å². The molecule has 0 atom stereocenters. The van der Waals surface area contributed by atoms with Gasteiger partial charge in [0.25, 0.3) is 0 Å². The van der Waals surface area contributed by atoms with E-state index in [-0.39, 0.29) is 38.2 Å². The van der Waals surface area contributed by atoms with Crippen LogP contribution in [0.2, 0.25) is 20.1 Å². The molecule has 0 unspecified atom stereocenters. The lowest BCUT2D eigenvalue weighted by molar-refractivity contribution is -0.112. The highest BCUT2D eigenvalue weighted by molar-refractivity contribution is 6.66. The fourth-order valence-corrected chi connectivity index (χ4v) is 9.80. The summed E-state index contributed by atoms with van der Waals surface area (Å²) >= 11 is 31.0. The lowest BCUT2D eigenvalue weighted by Gasteiger charge is -2.36. The van der Waals surface area contributed by atoms with E-state index in [1.165, 1.54) is 47.2 Å². The van der Waals surface area contributed by atoms with Crippen molar-refractivity contribution < 1.29 is 38.0 Å². The maximum Gasteiger partial charge on any atom is 0.247 e. The number of nitrogens with one attached hydrogen (secondary N) is 5. The van der Waals surface area contributed by atoms with Crippen molar-refractivity contribution in [1.82, 2.24) is 39.7 Å². The van der Waals surface area contributed by atoms with Crippen LogP contribution in [-0.4, -0.2) is 132 Å². The summed E-state index contributed by atoms with van der Waals surface area (Å²) in [6.45, 7) is 10.1. The molecule has 2 aliphatic heterocycles. The second-order valence-corrected chi connectivity index (χ2v) is 20.9. The van der Waals surface area contributed by atoms with Crippen LogP contribution >= 0.6 is 58.0 Å². The molecular weight excluding hydrogens is 1220 g/mol. The molecule has 0 aliphatic carbocycles. The van der Waals surface area contributed by atoms with Gasteiger partial charge in [-0.25, -0.2) is 29.9 Å². The summed E-state index contributed by atoms with van der Waals surface area (Å²) in [5, 5.41) is 16.4. The van der Waals surface area contributed by atoms with E-state index < -0.39 is 5.24 Å². The number of ether oxygens (including phenoxy) is 6. The molecule has 10 rings (SSSR count). The van der Waals surface area contributed by atoms with E-state index in [1.807, 2.05) is 55.6 Å². The smallest absolute Gasteiger partial charge is 0.247 e. The maximum atomic E-state index is 12.2. The van der Waals surface area contributed by atoms with Crippen LogP contribution in [0.15, 0.2) is 135 Å². The number of anilines is 10. The van der Waals surface area contributed by atoms with Crippen LogP contribution in [-0.2, 0) is 9.59 Å². The fraction of sp³-hybridized carbons (Fsp3) is 0.200. The van der Waals surface area contributed by atoms with Gasteiger partial charge in [0.05, 0.1) is 74.0 Å². The van der Waals surface area contributed by atoms with Gasteiger partial charge in [0, 0.05) is 86.1 Å². The lowest BCUT2D eigenvalue weighted by atomic mass is 10.1. The molecule has 0 radical (unpaired) electrons. The topological polar surface area (TPSA) is 260 Å².